The predicted molar refractivity (Wildman–Crippen MR) is 81.1 cm³/mol. The molecule has 3 rings (SSSR count). The lowest BCUT2D eigenvalue weighted by atomic mass is 9.90. The van der Waals surface area contributed by atoms with Crippen molar-refractivity contribution in [2.45, 2.75) is 18.9 Å². The molecule has 0 saturated carbocycles. The molecule has 2 aromatic rings. The molecule has 0 spiro atoms. The molecule has 0 amide bonds. The summed E-state index contributed by atoms with van der Waals surface area (Å²) in [6.45, 7) is 0.989. The molecule has 1 nitrogen and oxygen atoms in total. The summed E-state index contributed by atoms with van der Waals surface area (Å²) in [7, 11) is 0. The van der Waals surface area contributed by atoms with Gasteiger partial charge in [-0.1, -0.05) is 59.6 Å². The molecular weight excluding hydrogens is 277 g/mol. The summed E-state index contributed by atoms with van der Waals surface area (Å²) in [4.78, 5) is 0. The quantitative estimate of drug-likeness (QED) is 0.863. The molecule has 3 heteroatoms. The van der Waals surface area contributed by atoms with Crippen LogP contribution in [0.2, 0.25) is 10.0 Å². The normalized spacial score (nSPS) is 18.1. The third-order valence-corrected chi connectivity index (χ3v) is 4.46. The Kier molecular flexibility index (Phi) is 3.79. The topological polar surface area (TPSA) is 12.0 Å². The summed E-state index contributed by atoms with van der Waals surface area (Å²) in [6.07, 6.45) is 1.95. The van der Waals surface area contributed by atoms with Gasteiger partial charge >= 0.3 is 0 Å². The van der Waals surface area contributed by atoms with Crippen molar-refractivity contribution >= 4 is 23.2 Å². The second kappa shape index (κ2) is 5.54. The predicted octanol–water partition coefficient (Wildman–Crippen LogP) is 4.42. The average Bonchev–Trinajstić information content (AvgIpc) is 2.44. The van der Waals surface area contributed by atoms with Crippen molar-refractivity contribution in [1.82, 2.24) is 5.32 Å². The second-order valence-electron chi connectivity index (χ2n) is 4.88. The number of hydrogen-bond donors (Lipinski definition) is 1. The summed E-state index contributed by atoms with van der Waals surface area (Å²) >= 11 is 12.6. The Labute approximate surface area is 123 Å². The van der Waals surface area contributed by atoms with E-state index in [9.17, 15) is 0 Å². The van der Waals surface area contributed by atoms with Crippen LogP contribution in [0.4, 0.5) is 0 Å². The number of nitrogens with one attached hydrogen (secondary N) is 1. The van der Waals surface area contributed by atoms with E-state index in [0.29, 0.717) is 10.0 Å². The Bertz CT molecular complexity index is 581. The molecule has 0 bridgehead atoms. The lowest BCUT2D eigenvalue weighted by Gasteiger charge is -2.28. The molecule has 1 heterocycles. The van der Waals surface area contributed by atoms with Crippen molar-refractivity contribution in [2.24, 2.45) is 0 Å². The van der Waals surface area contributed by atoms with E-state index in [-0.39, 0.29) is 6.04 Å². The van der Waals surface area contributed by atoms with Crippen LogP contribution in [0.3, 0.4) is 0 Å². The fourth-order valence-electron chi connectivity index (χ4n) is 2.71. The number of benzene rings is 2. The highest BCUT2D eigenvalue weighted by Crippen LogP contribution is 2.36. The number of rotatable bonds is 2. The van der Waals surface area contributed by atoms with Crippen molar-refractivity contribution in [3.63, 3.8) is 0 Å². The molecule has 19 heavy (non-hydrogen) atoms. The van der Waals surface area contributed by atoms with Gasteiger partial charge in [-0.3, -0.25) is 0 Å². The highest BCUT2D eigenvalue weighted by Gasteiger charge is 2.23. The lowest BCUT2D eigenvalue weighted by Crippen LogP contribution is -2.31. The minimum atomic E-state index is 0.248. The number of hydrogen-bond acceptors (Lipinski definition) is 1. The summed E-state index contributed by atoms with van der Waals surface area (Å²) in [5, 5.41) is 4.89. The van der Waals surface area contributed by atoms with Gasteiger partial charge in [0.05, 0.1) is 10.0 Å². The van der Waals surface area contributed by atoms with E-state index in [4.69, 9.17) is 23.2 Å². The van der Waals surface area contributed by atoms with Crippen LogP contribution >= 0.6 is 23.2 Å². The van der Waals surface area contributed by atoms with Gasteiger partial charge in [0.1, 0.15) is 0 Å². The molecule has 0 aromatic heterocycles. The molecule has 0 aliphatic carbocycles. The van der Waals surface area contributed by atoms with Crippen LogP contribution < -0.4 is 5.32 Å². The first-order chi connectivity index (χ1) is 9.25. The molecule has 1 aliphatic rings. The molecule has 2 aromatic carbocycles. The third-order valence-electron chi connectivity index (χ3n) is 3.64. The second-order valence-corrected chi connectivity index (χ2v) is 5.67. The van der Waals surface area contributed by atoms with Crippen molar-refractivity contribution in [3.8, 4) is 0 Å². The van der Waals surface area contributed by atoms with Gasteiger partial charge in [0.2, 0.25) is 0 Å². The maximum absolute atomic E-state index is 6.40. The van der Waals surface area contributed by atoms with Crippen LogP contribution in [-0.4, -0.2) is 6.54 Å². The van der Waals surface area contributed by atoms with E-state index < -0.39 is 0 Å². The van der Waals surface area contributed by atoms with Gasteiger partial charge in [0, 0.05) is 6.04 Å². The molecule has 0 fully saturated rings. The Balaban J connectivity index is 1.96. The van der Waals surface area contributed by atoms with E-state index in [1.807, 2.05) is 12.1 Å². The van der Waals surface area contributed by atoms with Gasteiger partial charge in [-0.2, -0.15) is 0 Å². The summed E-state index contributed by atoms with van der Waals surface area (Å²) in [5.41, 5.74) is 3.79. The van der Waals surface area contributed by atoms with Crippen LogP contribution in [-0.2, 0) is 12.8 Å². The lowest BCUT2D eigenvalue weighted by molar-refractivity contribution is 0.503. The fourth-order valence-corrected chi connectivity index (χ4v) is 3.19. The molecular formula is C16H15Cl2N. The Morgan fingerprint density at radius 1 is 1.05 bits per heavy atom. The highest BCUT2D eigenvalue weighted by atomic mass is 35.5. The standard InChI is InChI=1S/C16H15Cl2N/c17-13-7-6-12-8-9-19-14(15(12)16(13)18)10-11-4-2-1-3-5-11/h1-7,14,19H,8-10H2/t14-/m1/s1. The zero-order chi connectivity index (χ0) is 13.2. The van der Waals surface area contributed by atoms with Crippen LogP contribution in [0, 0.1) is 0 Å². The maximum atomic E-state index is 6.40. The van der Waals surface area contributed by atoms with Crippen molar-refractivity contribution in [2.75, 3.05) is 6.54 Å². The number of fused-ring (bicyclic) bond motifs is 1. The summed E-state index contributed by atoms with van der Waals surface area (Å²) in [6, 6.07) is 14.7. The van der Waals surface area contributed by atoms with Crippen LogP contribution in [0.25, 0.3) is 0 Å². The van der Waals surface area contributed by atoms with Gasteiger partial charge in [-0.15, -0.1) is 0 Å². The molecule has 98 valence electrons. The van der Waals surface area contributed by atoms with Crippen LogP contribution in [0.5, 0.6) is 0 Å². The minimum absolute atomic E-state index is 0.248. The first-order valence-electron chi connectivity index (χ1n) is 6.50. The summed E-state index contributed by atoms with van der Waals surface area (Å²) < 4.78 is 0. The smallest absolute Gasteiger partial charge is 0.0642 e. The fraction of sp³-hybridized carbons (Fsp3) is 0.250. The van der Waals surface area contributed by atoms with Gasteiger partial charge in [-0.05, 0) is 42.1 Å². The zero-order valence-electron chi connectivity index (χ0n) is 10.5. The van der Waals surface area contributed by atoms with Gasteiger partial charge in [0.15, 0.2) is 0 Å². The van der Waals surface area contributed by atoms with Gasteiger partial charge < -0.3 is 5.32 Å². The molecule has 1 atom stereocenters. The van der Waals surface area contributed by atoms with Crippen molar-refractivity contribution in [1.29, 1.82) is 0 Å². The Morgan fingerprint density at radius 2 is 1.84 bits per heavy atom. The third kappa shape index (κ3) is 2.64. The molecule has 0 saturated heterocycles. The first-order valence-corrected chi connectivity index (χ1v) is 7.25. The molecule has 1 N–H and O–H groups in total. The maximum Gasteiger partial charge on any atom is 0.0642 e. The Morgan fingerprint density at radius 3 is 2.63 bits per heavy atom. The largest absolute Gasteiger partial charge is 0.309 e. The van der Waals surface area contributed by atoms with E-state index in [1.54, 1.807) is 0 Å². The highest BCUT2D eigenvalue weighted by molar-refractivity contribution is 6.42. The summed E-state index contributed by atoms with van der Waals surface area (Å²) in [5.74, 6) is 0. The van der Waals surface area contributed by atoms with E-state index in [0.717, 1.165) is 19.4 Å². The Hall–Kier alpha value is -1.02. The van der Waals surface area contributed by atoms with Crippen LogP contribution in [0.1, 0.15) is 22.7 Å². The van der Waals surface area contributed by atoms with Crippen molar-refractivity contribution < 1.29 is 0 Å². The first kappa shape index (κ1) is 13.0. The monoisotopic (exact) mass is 291 g/mol. The zero-order valence-corrected chi connectivity index (χ0v) is 12.0. The molecule has 0 radical (unpaired) electrons. The van der Waals surface area contributed by atoms with Gasteiger partial charge in [0.25, 0.3) is 0 Å². The minimum Gasteiger partial charge on any atom is -0.309 e. The average molecular weight is 292 g/mol. The van der Waals surface area contributed by atoms with E-state index >= 15 is 0 Å². The van der Waals surface area contributed by atoms with E-state index in [1.165, 1.54) is 16.7 Å². The van der Waals surface area contributed by atoms with Crippen molar-refractivity contribution in [3.05, 3.63) is 69.2 Å². The molecule has 0 unspecified atom stereocenters. The SMILES string of the molecule is Clc1ccc2c(c1Cl)[C@@H](Cc1ccccc1)NCC2. The van der Waals surface area contributed by atoms with Crippen LogP contribution in [0.15, 0.2) is 42.5 Å². The molecule has 1 aliphatic heterocycles. The van der Waals surface area contributed by atoms with Gasteiger partial charge in [-0.25, -0.2) is 0 Å². The number of halogens is 2. The van der Waals surface area contributed by atoms with E-state index in [2.05, 4.69) is 35.6 Å².